The number of carbonyl (C=O) groups excluding carboxylic acids is 1. The van der Waals surface area contributed by atoms with E-state index in [4.69, 9.17) is 0 Å². The summed E-state index contributed by atoms with van der Waals surface area (Å²) in [5.41, 5.74) is 0. The van der Waals surface area contributed by atoms with Gasteiger partial charge in [0.05, 0.1) is 7.11 Å². The maximum absolute atomic E-state index is 10.9. The first-order valence-electron chi connectivity index (χ1n) is 4.74. The monoisotopic (exact) mass is 186 g/mol. The van der Waals surface area contributed by atoms with E-state index in [1.54, 1.807) is 0 Å². The smallest absolute Gasteiger partial charge is 0.407 e. The van der Waals surface area contributed by atoms with Crippen LogP contribution in [-0.2, 0) is 4.74 Å². The number of hydrogen-bond donors (Lipinski definition) is 2. The SMILES string of the molecule is COC(=O)NC1CCC(C)NC1C. The summed E-state index contributed by atoms with van der Waals surface area (Å²) in [6, 6.07) is 1.07. The molecule has 0 radical (unpaired) electrons. The Morgan fingerprint density at radius 3 is 2.69 bits per heavy atom. The van der Waals surface area contributed by atoms with Gasteiger partial charge in [-0.05, 0) is 26.7 Å². The van der Waals surface area contributed by atoms with Gasteiger partial charge in [0.2, 0.25) is 0 Å². The summed E-state index contributed by atoms with van der Waals surface area (Å²) >= 11 is 0. The van der Waals surface area contributed by atoms with Crippen molar-refractivity contribution in [2.24, 2.45) is 0 Å². The van der Waals surface area contributed by atoms with Crippen LogP contribution in [0.3, 0.4) is 0 Å². The van der Waals surface area contributed by atoms with Gasteiger partial charge in [-0.3, -0.25) is 0 Å². The molecule has 1 heterocycles. The lowest BCUT2D eigenvalue weighted by molar-refractivity contribution is 0.157. The van der Waals surface area contributed by atoms with Gasteiger partial charge in [0.25, 0.3) is 0 Å². The quantitative estimate of drug-likeness (QED) is 0.639. The first-order valence-corrected chi connectivity index (χ1v) is 4.74. The molecule has 1 aliphatic rings. The Labute approximate surface area is 79.0 Å². The molecule has 0 aromatic carbocycles. The van der Waals surface area contributed by atoms with Crippen molar-refractivity contribution in [2.45, 2.75) is 44.8 Å². The molecule has 3 unspecified atom stereocenters. The molecule has 0 spiro atoms. The largest absolute Gasteiger partial charge is 0.453 e. The van der Waals surface area contributed by atoms with E-state index in [1.165, 1.54) is 7.11 Å². The molecule has 1 fully saturated rings. The van der Waals surface area contributed by atoms with Crippen LogP contribution in [0.1, 0.15) is 26.7 Å². The van der Waals surface area contributed by atoms with Crippen LogP contribution < -0.4 is 10.6 Å². The number of hydrogen-bond acceptors (Lipinski definition) is 3. The summed E-state index contributed by atoms with van der Waals surface area (Å²) in [7, 11) is 1.39. The third-order valence-corrected chi connectivity index (χ3v) is 2.55. The second kappa shape index (κ2) is 4.46. The standard InChI is InChI=1S/C9H18N2O2/c1-6-4-5-8(7(2)10-6)11-9(12)13-3/h6-8,10H,4-5H2,1-3H3,(H,11,12). The third kappa shape index (κ3) is 2.88. The predicted molar refractivity (Wildman–Crippen MR) is 50.6 cm³/mol. The van der Waals surface area contributed by atoms with Crippen molar-refractivity contribution in [3.63, 3.8) is 0 Å². The highest BCUT2D eigenvalue weighted by Crippen LogP contribution is 2.12. The first-order chi connectivity index (χ1) is 6.13. The number of piperidine rings is 1. The van der Waals surface area contributed by atoms with E-state index >= 15 is 0 Å². The second-order valence-corrected chi connectivity index (χ2v) is 3.68. The summed E-state index contributed by atoms with van der Waals surface area (Å²) in [5.74, 6) is 0. The van der Waals surface area contributed by atoms with Gasteiger partial charge in [-0.2, -0.15) is 0 Å². The minimum absolute atomic E-state index is 0.198. The van der Waals surface area contributed by atoms with Crippen LogP contribution in [0.5, 0.6) is 0 Å². The topological polar surface area (TPSA) is 50.4 Å². The van der Waals surface area contributed by atoms with Gasteiger partial charge in [-0.15, -0.1) is 0 Å². The van der Waals surface area contributed by atoms with Gasteiger partial charge < -0.3 is 15.4 Å². The van der Waals surface area contributed by atoms with Crippen LogP contribution in [0.25, 0.3) is 0 Å². The molecule has 2 N–H and O–H groups in total. The average molecular weight is 186 g/mol. The summed E-state index contributed by atoms with van der Waals surface area (Å²) in [4.78, 5) is 10.9. The highest BCUT2D eigenvalue weighted by Gasteiger charge is 2.25. The zero-order chi connectivity index (χ0) is 9.84. The molecule has 0 aromatic rings. The van der Waals surface area contributed by atoms with E-state index in [-0.39, 0.29) is 12.1 Å². The van der Waals surface area contributed by atoms with Crippen LogP contribution in [0.15, 0.2) is 0 Å². The normalized spacial score (nSPS) is 33.9. The zero-order valence-electron chi connectivity index (χ0n) is 8.46. The van der Waals surface area contributed by atoms with E-state index in [0.717, 1.165) is 12.8 Å². The molecule has 4 nitrogen and oxygen atoms in total. The van der Waals surface area contributed by atoms with E-state index < -0.39 is 0 Å². The number of ether oxygens (including phenoxy) is 1. The van der Waals surface area contributed by atoms with Crippen molar-refractivity contribution in [2.75, 3.05) is 7.11 Å². The molecule has 0 aromatic heterocycles. The van der Waals surface area contributed by atoms with Gasteiger partial charge in [0, 0.05) is 18.1 Å². The van der Waals surface area contributed by atoms with Gasteiger partial charge in [-0.1, -0.05) is 0 Å². The molecular formula is C9H18N2O2. The minimum atomic E-state index is -0.340. The lowest BCUT2D eigenvalue weighted by Crippen LogP contribution is -2.54. The van der Waals surface area contributed by atoms with Crippen LogP contribution >= 0.6 is 0 Å². The Morgan fingerprint density at radius 2 is 2.15 bits per heavy atom. The van der Waals surface area contributed by atoms with E-state index in [1.807, 2.05) is 0 Å². The number of methoxy groups -OCH3 is 1. The Kier molecular flexibility index (Phi) is 3.54. The minimum Gasteiger partial charge on any atom is -0.453 e. The number of rotatable bonds is 1. The Balaban J connectivity index is 2.38. The van der Waals surface area contributed by atoms with Crippen molar-refractivity contribution < 1.29 is 9.53 Å². The third-order valence-electron chi connectivity index (χ3n) is 2.55. The van der Waals surface area contributed by atoms with Gasteiger partial charge in [0.1, 0.15) is 0 Å². The van der Waals surface area contributed by atoms with E-state index in [2.05, 4.69) is 29.2 Å². The zero-order valence-corrected chi connectivity index (χ0v) is 8.46. The summed E-state index contributed by atoms with van der Waals surface area (Å²) in [5, 5.41) is 6.20. The Morgan fingerprint density at radius 1 is 1.46 bits per heavy atom. The fraction of sp³-hybridized carbons (Fsp3) is 0.889. The maximum Gasteiger partial charge on any atom is 0.407 e. The number of alkyl carbamates (subject to hydrolysis) is 1. The summed E-state index contributed by atoms with van der Waals surface area (Å²) in [6.07, 6.45) is 1.77. The van der Waals surface area contributed by atoms with Crippen LogP contribution in [0, 0.1) is 0 Å². The molecule has 13 heavy (non-hydrogen) atoms. The molecule has 0 bridgehead atoms. The van der Waals surface area contributed by atoms with Crippen molar-refractivity contribution >= 4 is 6.09 Å². The van der Waals surface area contributed by atoms with Crippen molar-refractivity contribution in [3.05, 3.63) is 0 Å². The molecule has 1 rings (SSSR count). The lowest BCUT2D eigenvalue weighted by atomic mass is 9.95. The number of nitrogens with one attached hydrogen (secondary N) is 2. The van der Waals surface area contributed by atoms with Gasteiger partial charge >= 0.3 is 6.09 Å². The average Bonchev–Trinajstić information content (AvgIpc) is 2.09. The highest BCUT2D eigenvalue weighted by atomic mass is 16.5. The van der Waals surface area contributed by atoms with Gasteiger partial charge in [-0.25, -0.2) is 4.79 Å². The molecule has 1 amide bonds. The lowest BCUT2D eigenvalue weighted by Gasteiger charge is -2.34. The molecule has 76 valence electrons. The van der Waals surface area contributed by atoms with E-state index in [0.29, 0.717) is 12.1 Å². The summed E-state index contributed by atoms with van der Waals surface area (Å²) < 4.78 is 4.55. The van der Waals surface area contributed by atoms with E-state index in [9.17, 15) is 4.79 Å². The molecule has 0 aliphatic carbocycles. The highest BCUT2D eigenvalue weighted by molar-refractivity contribution is 5.67. The van der Waals surface area contributed by atoms with Crippen LogP contribution in [0.4, 0.5) is 4.79 Å². The fourth-order valence-electron chi connectivity index (χ4n) is 1.74. The van der Waals surface area contributed by atoms with Crippen LogP contribution in [0.2, 0.25) is 0 Å². The van der Waals surface area contributed by atoms with Crippen molar-refractivity contribution in [1.29, 1.82) is 0 Å². The van der Waals surface area contributed by atoms with Gasteiger partial charge in [0.15, 0.2) is 0 Å². The van der Waals surface area contributed by atoms with Crippen molar-refractivity contribution in [3.8, 4) is 0 Å². The Hall–Kier alpha value is -0.770. The number of carbonyl (C=O) groups is 1. The number of amides is 1. The Bertz CT molecular complexity index is 184. The molecule has 0 saturated carbocycles. The molecular weight excluding hydrogens is 168 g/mol. The van der Waals surface area contributed by atoms with Crippen molar-refractivity contribution in [1.82, 2.24) is 10.6 Å². The molecule has 3 atom stereocenters. The molecule has 1 aliphatic heterocycles. The van der Waals surface area contributed by atoms with Crippen LogP contribution in [-0.4, -0.2) is 31.3 Å². The summed E-state index contributed by atoms with van der Waals surface area (Å²) in [6.45, 7) is 4.24. The maximum atomic E-state index is 10.9. The first kappa shape index (κ1) is 10.3. The molecule has 4 heteroatoms. The molecule has 1 saturated heterocycles. The fourth-order valence-corrected chi connectivity index (χ4v) is 1.74. The predicted octanol–water partition coefficient (Wildman–Crippen LogP) is 0.871. The second-order valence-electron chi connectivity index (χ2n) is 3.68.